The Morgan fingerprint density at radius 3 is 2.56 bits per heavy atom. The van der Waals surface area contributed by atoms with Crippen LogP contribution < -0.4 is 5.32 Å². The van der Waals surface area contributed by atoms with Crippen LogP contribution in [0.4, 0.5) is 0 Å². The van der Waals surface area contributed by atoms with Crippen molar-refractivity contribution < 1.29 is 4.79 Å². The van der Waals surface area contributed by atoms with Crippen LogP contribution in [0.2, 0.25) is 0 Å². The highest BCUT2D eigenvalue weighted by Crippen LogP contribution is 2.02. The van der Waals surface area contributed by atoms with Crippen LogP contribution in [-0.4, -0.2) is 16.9 Å². The lowest BCUT2D eigenvalue weighted by molar-refractivity contribution is 0.0940. The molecule has 2 rings (SSSR count). The second kappa shape index (κ2) is 5.96. The van der Waals surface area contributed by atoms with Gasteiger partial charge in [0.25, 0.3) is 5.91 Å². The molecular weight excluding hydrogens is 224 g/mol. The second-order valence-electron chi connectivity index (χ2n) is 4.27. The van der Waals surface area contributed by atoms with Gasteiger partial charge in [0.15, 0.2) is 0 Å². The maximum atomic E-state index is 11.9. The van der Waals surface area contributed by atoms with Crippen LogP contribution in [-0.2, 0) is 6.42 Å². The van der Waals surface area contributed by atoms with Gasteiger partial charge in [-0.2, -0.15) is 0 Å². The Hall–Kier alpha value is -2.16. The summed E-state index contributed by atoms with van der Waals surface area (Å²) in [6, 6.07) is 15.1. The first-order valence-corrected chi connectivity index (χ1v) is 6.01. The first kappa shape index (κ1) is 12.3. The van der Waals surface area contributed by atoms with E-state index in [1.807, 2.05) is 55.5 Å². The van der Waals surface area contributed by atoms with Crippen molar-refractivity contribution in [2.75, 3.05) is 0 Å². The molecule has 2 aromatic rings. The normalized spacial score (nSPS) is 11.8. The highest BCUT2D eigenvalue weighted by Gasteiger charge is 2.09. The van der Waals surface area contributed by atoms with E-state index >= 15 is 0 Å². The van der Waals surface area contributed by atoms with Gasteiger partial charge in [0, 0.05) is 29.9 Å². The zero-order valence-electron chi connectivity index (χ0n) is 10.3. The number of amides is 1. The molecule has 1 aromatic carbocycles. The van der Waals surface area contributed by atoms with Crippen LogP contribution in [0.1, 0.15) is 23.0 Å². The lowest BCUT2D eigenvalue weighted by Crippen LogP contribution is -2.34. The minimum atomic E-state index is -0.0426. The summed E-state index contributed by atoms with van der Waals surface area (Å²) in [5, 5.41) is 2.97. The number of hydrogen-bond donors (Lipinski definition) is 1. The molecule has 1 amide bonds. The number of benzene rings is 1. The molecule has 3 heteroatoms. The highest BCUT2D eigenvalue weighted by molar-refractivity contribution is 5.94. The smallest absolute Gasteiger partial charge is 0.251 e. The van der Waals surface area contributed by atoms with Gasteiger partial charge in [-0.3, -0.25) is 9.78 Å². The Morgan fingerprint density at radius 2 is 1.89 bits per heavy atom. The Morgan fingerprint density at radius 1 is 1.17 bits per heavy atom. The van der Waals surface area contributed by atoms with Gasteiger partial charge in [0.2, 0.25) is 0 Å². The van der Waals surface area contributed by atoms with Crippen LogP contribution in [0.25, 0.3) is 0 Å². The molecular formula is C15H16N2O. The number of carbonyl (C=O) groups excluding carboxylic acids is 1. The number of pyridine rings is 1. The van der Waals surface area contributed by atoms with Gasteiger partial charge in [-0.15, -0.1) is 0 Å². The van der Waals surface area contributed by atoms with Crippen molar-refractivity contribution in [2.24, 2.45) is 0 Å². The van der Waals surface area contributed by atoms with Crippen molar-refractivity contribution in [3.8, 4) is 0 Å². The number of carbonyl (C=O) groups is 1. The van der Waals surface area contributed by atoms with E-state index in [4.69, 9.17) is 0 Å². The summed E-state index contributed by atoms with van der Waals surface area (Å²) in [5.41, 5.74) is 1.67. The third kappa shape index (κ3) is 3.42. The molecule has 0 radical (unpaired) electrons. The molecule has 3 nitrogen and oxygen atoms in total. The first-order valence-electron chi connectivity index (χ1n) is 6.01. The molecule has 1 atom stereocenters. The summed E-state index contributed by atoms with van der Waals surface area (Å²) < 4.78 is 0. The van der Waals surface area contributed by atoms with E-state index in [1.54, 1.807) is 6.20 Å². The van der Waals surface area contributed by atoms with Crippen molar-refractivity contribution in [1.29, 1.82) is 0 Å². The van der Waals surface area contributed by atoms with E-state index < -0.39 is 0 Å². The standard InChI is InChI=1S/C15H16N2O/c1-12(11-14-9-5-6-10-16-14)17-15(18)13-7-3-2-4-8-13/h2-10,12H,11H2,1H3,(H,17,18). The Bertz CT molecular complexity index is 496. The molecule has 1 aromatic heterocycles. The van der Waals surface area contributed by atoms with Gasteiger partial charge in [-0.1, -0.05) is 24.3 Å². The summed E-state index contributed by atoms with van der Waals surface area (Å²) in [6.07, 6.45) is 2.50. The van der Waals surface area contributed by atoms with Gasteiger partial charge < -0.3 is 5.32 Å². The third-order valence-electron chi connectivity index (χ3n) is 2.65. The zero-order chi connectivity index (χ0) is 12.8. The van der Waals surface area contributed by atoms with Gasteiger partial charge in [0.1, 0.15) is 0 Å². The zero-order valence-corrected chi connectivity index (χ0v) is 10.3. The fourth-order valence-electron chi connectivity index (χ4n) is 1.78. The molecule has 0 fully saturated rings. The van der Waals surface area contributed by atoms with Crippen molar-refractivity contribution in [3.63, 3.8) is 0 Å². The summed E-state index contributed by atoms with van der Waals surface area (Å²) >= 11 is 0. The van der Waals surface area contributed by atoms with E-state index in [2.05, 4.69) is 10.3 Å². The molecule has 0 bridgehead atoms. The molecule has 0 aliphatic rings. The van der Waals surface area contributed by atoms with Crippen LogP contribution >= 0.6 is 0 Å². The largest absolute Gasteiger partial charge is 0.349 e. The summed E-state index contributed by atoms with van der Waals surface area (Å²) in [7, 11) is 0. The SMILES string of the molecule is CC(Cc1ccccn1)NC(=O)c1ccccc1. The predicted molar refractivity (Wildman–Crippen MR) is 71.3 cm³/mol. The second-order valence-corrected chi connectivity index (χ2v) is 4.27. The summed E-state index contributed by atoms with van der Waals surface area (Å²) in [6.45, 7) is 1.98. The molecule has 1 unspecified atom stereocenters. The van der Waals surface area contributed by atoms with Gasteiger partial charge in [0.05, 0.1) is 0 Å². The number of rotatable bonds is 4. The van der Waals surface area contributed by atoms with E-state index in [0.717, 1.165) is 12.1 Å². The Labute approximate surface area is 107 Å². The van der Waals surface area contributed by atoms with Gasteiger partial charge in [-0.25, -0.2) is 0 Å². The van der Waals surface area contributed by atoms with E-state index in [1.165, 1.54) is 0 Å². The quantitative estimate of drug-likeness (QED) is 0.891. The fraction of sp³-hybridized carbons (Fsp3) is 0.200. The molecule has 0 saturated heterocycles. The van der Waals surface area contributed by atoms with E-state index in [9.17, 15) is 4.79 Å². The van der Waals surface area contributed by atoms with E-state index in [0.29, 0.717) is 5.56 Å². The Kier molecular flexibility index (Phi) is 4.07. The average Bonchev–Trinajstić information content (AvgIpc) is 2.40. The molecule has 18 heavy (non-hydrogen) atoms. The molecule has 0 saturated carbocycles. The van der Waals surface area contributed by atoms with Crippen LogP contribution in [0.3, 0.4) is 0 Å². The highest BCUT2D eigenvalue weighted by atomic mass is 16.1. The lowest BCUT2D eigenvalue weighted by Gasteiger charge is -2.13. The van der Waals surface area contributed by atoms with Gasteiger partial charge in [-0.05, 0) is 31.2 Å². The van der Waals surface area contributed by atoms with Crippen molar-refractivity contribution in [2.45, 2.75) is 19.4 Å². The van der Waals surface area contributed by atoms with Gasteiger partial charge >= 0.3 is 0 Å². The van der Waals surface area contributed by atoms with Crippen molar-refractivity contribution in [1.82, 2.24) is 10.3 Å². The van der Waals surface area contributed by atoms with E-state index in [-0.39, 0.29) is 11.9 Å². The summed E-state index contributed by atoms with van der Waals surface area (Å²) in [4.78, 5) is 16.2. The van der Waals surface area contributed by atoms with Crippen molar-refractivity contribution >= 4 is 5.91 Å². The lowest BCUT2D eigenvalue weighted by atomic mass is 10.1. The monoisotopic (exact) mass is 240 g/mol. The van der Waals surface area contributed by atoms with Crippen LogP contribution in [0.5, 0.6) is 0 Å². The molecule has 1 N–H and O–H groups in total. The Balaban J connectivity index is 1.92. The molecule has 0 aliphatic heterocycles. The number of nitrogens with one attached hydrogen (secondary N) is 1. The maximum Gasteiger partial charge on any atom is 0.251 e. The average molecular weight is 240 g/mol. The predicted octanol–water partition coefficient (Wildman–Crippen LogP) is 2.44. The number of nitrogens with zero attached hydrogens (tertiary/aromatic N) is 1. The molecule has 92 valence electrons. The number of aromatic nitrogens is 1. The van der Waals surface area contributed by atoms with Crippen LogP contribution in [0.15, 0.2) is 54.7 Å². The topological polar surface area (TPSA) is 42.0 Å². The summed E-state index contributed by atoms with van der Waals surface area (Å²) in [5.74, 6) is -0.0426. The molecule has 0 aliphatic carbocycles. The molecule has 0 spiro atoms. The first-order chi connectivity index (χ1) is 8.75. The van der Waals surface area contributed by atoms with Crippen LogP contribution in [0, 0.1) is 0 Å². The maximum absolute atomic E-state index is 11.9. The minimum absolute atomic E-state index is 0.0426. The fourth-order valence-corrected chi connectivity index (χ4v) is 1.78. The third-order valence-corrected chi connectivity index (χ3v) is 2.65. The number of hydrogen-bond acceptors (Lipinski definition) is 2. The minimum Gasteiger partial charge on any atom is -0.349 e. The van der Waals surface area contributed by atoms with Crippen molar-refractivity contribution in [3.05, 3.63) is 66.0 Å². The molecule has 1 heterocycles.